The molecule has 0 aliphatic heterocycles. The summed E-state index contributed by atoms with van der Waals surface area (Å²) in [6.45, 7) is 0.688. The number of hydrogen-bond donors (Lipinski definition) is 4. The van der Waals surface area contributed by atoms with E-state index in [-0.39, 0.29) is 32.0 Å². The summed E-state index contributed by atoms with van der Waals surface area (Å²) in [5.41, 5.74) is 7.98. The average Bonchev–Trinajstić information content (AvgIpc) is 3.21. The molecule has 0 atom stereocenters. The minimum absolute atomic E-state index is 0.138. The molecule has 4 rings (SSSR count). The molecule has 0 saturated heterocycles. The van der Waals surface area contributed by atoms with E-state index in [1.807, 2.05) is 12.1 Å². The number of halogens is 1. The maximum Gasteiger partial charge on any atom is 0.295 e. The molecule has 0 spiro atoms. The van der Waals surface area contributed by atoms with Gasteiger partial charge in [0.25, 0.3) is 20.2 Å². The Bertz CT molecular complexity index is 1850. The summed E-state index contributed by atoms with van der Waals surface area (Å²) in [6, 6.07) is 15.0. The number of nitrogens with zero attached hydrogens (tertiary/aromatic N) is 3. The Kier molecular flexibility index (Phi) is 8.21. The number of benzene rings is 3. The summed E-state index contributed by atoms with van der Waals surface area (Å²) < 4.78 is 67.4. The van der Waals surface area contributed by atoms with E-state index in [2.05, 4.69) is 21.6 Å². The molecule has 0 bridgehead atoms. The first-order chi connectivity index (χ1) is 18.4. The fourth-order valence-corrected chi connectivity index (χ4v) is 6.27. The van der Waals surface area contributed by atoms with Crippen LogP contribution in [0.5, 0.6) is 0 Å². The molecule has 0 saturated carbocycles. The maximum atomic E-state index is 12.1. The quantitative estimate of drug-likeness (QED) is 0.0768. The molecule has 1 heterocycles. The molecule has 15 heteroatoms. The van der Waals surface area contributed by atoms with Crippen molar-refractivity contribution in [3.8, 4) is 17.2 Å². The number of nitrogen functional groups attached to an aromatic ring is 1. The second-order valence-electron chi connectivity index (χ2n) is 8.13. The van der Waals surface area contributed by atoms with Crippen LogP contribution in [0.3, 0.4) is 0 Å². The number of nitrogens with one attached hydrogen (secondary N) is 1. The van der Waals surface area contributed by atoms with Crippen molar-refractivity contribution in [3.05, 3.63) is 60.2 Å². The summed E-state index contributed by atoms with van der Waals surface area (Å²) in [7, 11) is -9.57. The van der Waals surface area contributed by atoms with Gasteiger partial charge in [0, 0.05) is 34.4 Å². The van der Waals surface area contributed by atoms with Gasteiger partial charge in [0.15, 0.2) is 0 Å². The number of nitrogens with two attached hydrogens (primary N) is 1. The molecular weight excluding hydrogens is 586 g/mol. The minimum atomic E-state index is -4.82. The van der Waals surface area contributed by atoms with Crippen LogP contribution in [0.4, 0.5) is 21.4 Å². The third-order valence-electron chi connectivity index (χ3n) is 5.56. The zero-order chi connectivity index (χ0) is 28.4. The lowest BCUT2D eigenvalue weighted by molar-refractivity contribution is 0.481. The number of thiophene rings is 1. The zero-order valence-electron chi connectivity index (χ0n) is 19.9. The van der Waals surface area contributed by atoms with E-state index in [9.17, 15) is 31.2 Å². The van der Waals surface area contributed by atoms with Gasteiger partial charge in [-0.15, -0.1) is 21.8 Å². The number of nitriles is 1. The standard InChI is InChI=1S/C24H20ClN5O6S3/c25-9-2-10-28-15-7-5-14(6-8-15)22-19(13-26)23(27)37-24(22)30-29-16-11-18-17(21(12-16)39(34,35)36)3-1-4-20(18)38(31,32)33/h1,3-8,11-12,28H,2,9-10,27H2,(H,31,32,33)(H,34,35,36). The van der Waals surface area contributed by atoms with Crippen molar-refractivity contribution in [3.63, 3.8) is 0 Å². The van der Waals surface area contributed by atoms with Crippen LogP contribution in [0.1, 0.15) is 12.0 Å². The second-order valence-corrected chi connectivity index (χ2v) is 12.3. The first-order valence-electron chi connectivity index (χ1n) is 11.1. The smallest absolute Gasteiger partial charge is 0.295 e. The highest BCUT2D eigenvalue weighted by Crippen LogP contribution is 2.45. The SMILES string of the molecule is N#Cc1c(N)sc(N=Nc2cc(S(=O)(=O)O)c3cccc(S(=O)(=O)O)c3c2)c1-c1ccc(NCCCCl)cc1. The maximum absolute atomic E-state index is 12.1. The van der Waals surface area contributed by atoms with E-state index in [0.717, 1.165) is 35.6 Å². The Morgan fingerprint density at radius 1 is 0.974 bits per heavy atom. The highest BCUT2D eigenvalue weighted by Gasteiger charge is 2.22. The van der Waals surface area contributed by atoms with Crippen LogP contribution in [-0.4, -0.2) is 38.4 Å². The highest BCUT2D eigenvalue weighted by atomic mass is 35.5. The van der Waals surface area contributed by atoms with Gasteiger partial charge in [-0.2, -0.15) is 22.1 Å². The van der Waals surface area contributed by atoms with Crippen molar-refractivity contribution in [1.82, 2.24) is 0 Å². The Labute approximate surface area is 233 Å². The number of alkyl halides is 1. The summed E-state index contributed by atoms with van der Waals surface area (Å²) in [4.78, 5) is -1.20. The number of azo groups is 1. The van der Waals surface area contributed by atoms with E-state index >= 15 is 0 Å². The number of rotatable bonds is 9. The summed E-state index contributed by atoms with van der Waals surface area (Å²) in [5, 5.41) is 21.3. The van der Waals surface area contributed by atoms with Crippen molar-refractivity contribution < 1.29 is 25.9 Å². The lowest BCUT2D eigenvalue weighted by Crippen LogP contribution is -2.03. The molecule has 0 fully saturated rings. The Morgan fingerprint density at radius 2 is 1.67 bits per heavy atom. The zero-order valence-corrected chi connectivity index (χ0v) is 23.1. The molecule has 5 N–H and O–H groups in total. The Morgan fingerprint density at radius 3 is 2.28 bits per heavy atom. The van der Waals surface area contributed by atoms with Crippen LogP contribution in [0.15, 0.2) is 74.6 Å². The topological polar surface area (TPSA) is 195 Å². The first-order valence-corrected chi connectivity index (χ1v) is 15.3. The number of hydrogen-bond acceptors (Lipinski definition) is 10. The van der Waals surface area contributed by atoms with Gasteiger partial charge >= 0.3 is 0 Å². The molecule has 0 aliphatic carbocycles. The molecule has 11 nitrogen and oxygen atoms in total. The molecule has 202 valence electrons. The molecule has 0 aliphatic rings. The van der Waals surface area contributed by atoms with Crippen LogP contribution >= 0.6 is 22.9 Å². The lowest BCUT2D eigenvalue weighted by atomic mass is 10.0. The van der Waals surface area contributed by atoms with E-state index in [0.29, 0.717) is 23.6 Å². The minimum Gasteiger partial charge on any atom is -0.389 e. The molecule has 1 aromatic heterocycles. The average molecular weight is 606 g/mol. The van der Waals surface area contributed by atoms with Gasteiger partial charge < -0.3 is 11.1 Å². The Balaban J connectivity index is 1.83. The second kappa shape index (κ2) is 11.3. The van der Waals surface area contributed by atoms with E-state index in [1.165, 1.54) is 18.2 Å². The fourth-order valence-electron chi connectivity index (χ4n) is 3.85. The predicted octanol–water partition coefficient (Wildman–Crippen LogP) is 5.97. The summed E-state index contributed by atoms with van der Waals surface area (Å²) in [5.74, 6) is 0.527. The van der Waals surface area contributed by atoms with Crippen LogP contribution in [0.2, 0.25) is 0 Å². The molecule has 4 aromatic rings. The van der Waals surface area contributed by atoms with Crippen molar-refractivity contribution in [2.24, 2.45) is 10.2 Å². The molecule has 0 unspecified atom stereocenters. The van der Waals surface area contributed by atoms with E-state index < -0.39 is 30.0 Å². The van der Waals surface area contributed by atoms with Crippen molar-refractivity contribution in [1.29, 1.82) is 5.26 Å². The van der Waals surface area contributed by atoms with Crippen LogP contribution in [0.25, 0.3) is 21.9 Å². The fraction of sp³-hybridized carbons (Fsp3) is 0.125. The highest BCUT2D eigenvalue weighted by molar-refractivity contribution is 7.86. The van der Waals surface area contributed by atoms with Crippen LogP contribution < -0.4 is 11.1 Å². The summed E-state index contributed by atoms with van der Waals surface area (Å²) in [6.07, 6.45) is 0.785. The first kappa shape index (κ1) is 28.4. The molecule has 0 radical (unpaired) electrons. The van der Waals surface area contributed by atoms with Gasteiger partial charge in [-0.1, -0.05) is 35.6 Å². The van der Waals surface area contributed by atoms with Crippen molar-refractivity contribution >= 4 is 75.3 Å². The number of anilines is 2. The monoisotopic (exact) mass is 605 g/mol. The largest absolute Gasteiger partial charge is 0.389 e. The normalized spacial score (nSPS) is 12.2. The van der Waals surface area contributed by atoms with Gasteiger partial charge in [-0.05, 0) is 42.3 Å². The predicted molar refractivity (Wildman–Crippen MR) is 150 cm³/mol. The Hall–Kier alpha value is -3.58. The van der Waals surface area contributed by atoms with Gasteiger partial charge in [-0.3, -0.25) is 9.11 Å². The molecular formula is C24H20ClN5O6S3. The molecule has 39 heavy (non-hydrogen) atoms. The third kappa shape index (κ3) is 6.19. The van der Waals surface area contributed by atoms with E-state index in [4.69, 9.17) is 17.3 Å². The molecule has 3 aromatic carbocycles. The van der Waals surface area contributed by atoms with Gasteiger partial charge in [0.2, 0.25) is 0 Å². The number of fused-ring (bicyclic) bond motifs is 1. The van der Waals surface area contributed by atoms with E-state index in [1.54, 1.807) is 12.1 Å². The van der Waals surface area contributed by atoms with Gasteiger partial charge in [0.1, 0.15) is 25.9 Å². The third-order valence-corrected chi connectivity index (χ3v) is 8.53. The molecule has 0 amide bonds. The van der Waals surface area contributed by atoms with Crippen LogP contribution in [0, 0.1) is 11.3 Å². The van der Waals surface area contributed by atoms with Crippen molar-refractivity contribution in [2.75, 3.05) is 23.5 Å². The lowest BCUT2D eigenvalue weighted by Gasteiger charge is -2.09. The van der Waals surface area contributed by atoms with Crippen LogP contribution in [-0.2, 0) is 20.2 Å². The van der Waals surface area contributed by atoms with Gasteiger partial charge in [-0.25, -0.2) is 0 Å². The van der Waals surface area contributed by atoms with Crippen molar-refractivity contribution in [2.45, 2.75) is 16.2 Å². The van der Waals surface area contributed by atoms with Gasteiger partial charge in [0.05, 0.1) is 11.3 Å². The summed E-state index contributed by atoms with van der Waals surface area (Å²) >= 11 is 6.69.